The van der Waals surface area contributed by atoms with Gasteiger partial charge in [-0.2, -0.15) is 0 Å². The monoisotopic (exact) mass is 604 g/mol. The first-order valence-electron chi connectivity index (χ1n) is 14.0. The molecule has 0 atom stereocenters. The van der Waals surface area contributed by atoms with Gasteiger partial charge in [0.25, 0.3) is 5.56 Å². The van der Waals surface area contributed by atoms with Crippen LogP contribution in [0.25, 0.3) is 21.9 Å². The molecule has 4 aromatic rings. The number of pyridine rings is 2. The third-order valence-electron chi connectivity index (χ3n) is 7.19. The standard InChI is InChI=1S/C31H36N6O5S/c1-31(2,3)22-17-28(29(38)37(19-22)35-43(4,40)41)34-30(39)33-27-12-11-24(25-7-5-6-8-26(25)27)21-9-10-23(32-18-21)20-36-13-15-42-16-14-36/h5-12,17-19,35H,13-16,20H2,1-4H3,(H2,33,34,39). The molecule has 43 heavy (non-hydrogen) atoms. The molecule has 1 fully saturated rings. The van der Waals surface area contributed by atoms with Gasteiger partial charge in [-0.05, 0) is 40.1 Å². The first-order chi connectivity index (χ1) is 20.4. The molecule has 1 aliphatic heterocycles. The van der Waals surface area contributed by atoms with Crippen LogP contribution in [0, 0.1) is 0 Å². The first kappa shape index (κ1) is 30.2. The number of ether oxygens (including phenoxy) is 1. The van der Waals surface area contributed by atoms with E-state index in [4.69, 9.17) is 9.72 Å². The van der Waals surface area contributed by atoms with Gasteiger partial charge in [0.1, 0.15) is 5.69 Å². The zero-order valence-corrected chi connectivity index (χ0v) is 25.5. The van der Waals surface area contributed by atoms with Crippen LogP contribution in [0.2, 0.25) is 0 Å². The van der Waals surface area contributed by atoms with Crippen LogP contribution >= 0.6 is 0 Å². The molecule has 0 saturated carbocycles. The molecule has 2 aromatic carbocycles. The maximum Gasteiger partial charge on any atom is 0.323 e. The number of rotatable bonds is 7. The largest absolute Gasteiger partial charge is 0.379 e. The van der Waals surface area contributed by atoms with Crippen LogP contribution in [-0.4, -0.2) is 61.6 Å². The fourth-order valence-corrected chi connectivity index (χ4v) is 5.42. The lowest BCUT2D eigenvalue weighted by Crippen LogP contribution is -2.36. The van der Waals surface area contributed by atoms with Gasteiger partial charge in [-0.25, -0.2) is 22.7 Å². The van der Waals surface area contributed by atoms with Crippen LogP contribution in [0.3, 0.4) is 0 Å². The second-order valence-corrected chi connectivity index (χ2v) is 13.4. The number of urea groups is 1. The summed E-state index contributed by atoms with van der Waals surface area (Å²) in [4.78, 5) is 35.4. The van der Waals surface area contributed by atoms with Crippen molar-refractivity contribution in [2.24, 2.45) is 0 Å². The van der Waals surface area contributed by atoms with E-state index in [-0.39, 0.29) is 5.69 Å². The smallest absolute Gasteiger partial charge is 0.323 e. The molecular weight excluding hydrogens is 568 g/mol. The number of benzene rings is 2. The van der Waals surface area contributed by atoms with Crippen LogP contribution in [0.5, 0.6) is 0 Å². The van der Waals surface area contributed by atoms with Gasteiger partial charge in [0.05, 0.1) is 30.9 Å². The highest BCUT2D eigenvalue weighted by Crippen LogP contribution is 2.33. The molecule has 1 saturated heterocycles. The van der Waals surface area contributed by atoms with E-state index in [1.54, 1.807) is 6.07 Å². The highest BCUT2D eigenvalue weighted by molar-refractivity contribution is 7.91. The van der Waals surface area contributed by atoms with E-state index < -0.39 is 27.0 Å². The summed E-state index contributed by atoms with van der Waals surface area (Å²) in [5.74, 6) is 0. The molecule has 5 rings (SSSR count). The SMILES string of the molecule is CC(C)(C)c1cc(NC(=O)Nc2ccc(-c3ccc(CN4CCOCC4)nc3)c3ccccc23)c(=O)n(NS(C)(=O)=O)c1. The predicted octanol–water partition coefficient (Wildman–Crippen LogP) is 4.34. The fraction of sp³-hybridized carbons (Fsp3) is 0.323. The summed E-state index contributed by atoms with van der Waals surface area (Å²) in [6, 6.07) is 16.5. The van der Waals surface area contributed by atoms with E-state index >= 15 is 0 Å². The molecular formula is C31H36N6O5S. The van der Waals surface area contributed by atoms with E-state index in [1.165, 1.54) is 6.20 Å². The molecule has 2 amide bonds. The van der Waals surface area contributed by atoms with E-state index in [0.29, 0.717) is 11.3 Å². The van der Waals surface area contributed by atoms with Crippen molar-refractivity contribution in [3.05, 3.63) is 88.6 Å². The van der Waals surface area contributed by atoms with Gasteiger partial charge in [0.15, 0.2) is 0 Å². The van der Waals surface area contributed by atoms with Crippen molar-refractivity contribution in [3.8, 4) is 11.1 Å². The van der Waals surface area contributed by atoms with Gasteiger partial charge in [-0.15, -0.1) is 0 Å². The summed E-state index contributed by atoms with van der Waals surface area (Å²) in [6.45, 7) is 9.80. The third kappa shape index (κ3) is 7.39. The first-order valence-corrected chi connectivity index (χ1v) is 15.9. The van der Waals surface area contributed by atoms with E-state index in [2.05, 4.69) is 26.4 Å². The number of anilines is 2. The Labute approximate surface area is 250 Å². The minimum Gasteiger partial charge on any atom is -0.379 e. The number of nitrogens with zero attached hydrogens (tertiary/aromatic N) is 3. The van der Waals surface area contributed by atoms with Gasteiger partial charge in [0.2, 0.25) is 10.0 Å². The summed E-state index contributed by atoms with van der Waals surface area (Å²) in [6.07, 6.45) is 4.24. The van der Waals surface area contributed by atoms with Gasteiger partial charge in [-0.3, -0.25) is 14.7 Å². The number of sulfonamides is 1. The number of carbonyl (C=O) groups excluding carboxylic acids is 1. The zero-order chi connectivity index (χ0) is 30.8. The highest BCUT2D eigenvalue weighted by atomic mass is 32.2. The summed E-state index contributed by atoms with van der Waals surface area (Å²) in [5, 5.41) is 7.20. The lowest BCUT2D eigenvalue weighted by Gasteiger charge is -2.26. The number of carbonyl (C=O) groups is 1. The van der Waals surface area contributed by atoms with Crippen molar-refractivity contribution in [3.63, 3.8) is 0 Å². The topological polar surface area (TPSA) is 135 Å². The van der Waals surface area contributed by atoms with E-state index in [9.17, 15) is 18.0 Å². The molecule has 0 aliphatic carbocycles. The number of amides is 2. The highest BCUT2D eigenvalue weighted by Gasteiger charge is 2.20. The molecule has 3 heterocycles. The molecule has 3 N–H and O–H groups in total. The Balaban J connectivity index is 1.39. The molecule has 11 nitrogen and oxygen atoms in total. The van der Waals surface area contributed by atoms with Crippen molar-refractivity contribution >= 4 is 38.2 Å². The normalized spacial score (nSPS) is 14.4. The molecule has 12 heteroatoms. The van der Waals surface area contributed by atoms with Gasteiger partial charge >= 0.3 is 6.03 Å². The molecule has 2 aromatic heterocycles. The second-order valence-electron chi connectivity index (χ2n) is 11.6. The lowest BCUT2D eigenvalue weighted by molar-refractivity contribution is 0.0336. The Morgan fingerprint density at radius 3 is 2.33 bits per heavy atom. The van der Waals surface area contributed by atoms with Crippen LogP contribution in [0.4, 0.5) is 16.2 Å². The van der Waals surface area contributed by atoms with Crippen LogP contribution < -0.4 is 21.0 Å². The maximum absolute atomic E-state index is 13.2. The minimum atomic E-state index is -3.74. The van der Waals surface area contributed by atoms with Crippen molar-refractivity contribution in [1.82, 2.24) is 14.6 Å². The van der Waals surface area contributed by atoms with Crippen LogP contribution in [-0.2, 0) is 26.7 Å². The number of morpholine rings is 1. The Morgan fingerprint density at radius 1 is 0.977 bits per heavy atom. The number of hydrogen-bond acceptors (Lipinski definition) is 7. The maximum atomic E-state index is 13.2. The minimum absolute atomic E-state index is 0.0646. The number of aromatic nitrogens is 2. The molecule has 0 bridgehead atoms. The van der Waals surface area contributed by atoms with Crippen LogP contribution in [0.1, 0.15) is 32.0 Å². The van der Waals surface area contributed by atoms with Gasteiger partial charge < -0.3 is 15.4 Å². The number of fused-ring (bicyclic) bond motifs is 1. The summed E-state index contributed by atoms with van der Waals surface area (Å²) < 4.78 is 30.0. The van der Waals surface area contributed by atoms with Crippen molar-refractivity contribution < 1.29 is 17.9 Å². The molecule has 0 unspecified atom stereocenters. The van der Waals surface area contributed by atoms with E-state index in [1.807, 2.05) is 69.4 Å². The van der Waals surface area contributed by atoms with Crippen LogP contribution in [0.15, 0.2) is 71.8 Å². The Morgan fingerprint density at radius 2 is 1.67 bits per heavy atom. The van der Waals surface area contributed by atoms with Crippen molar-refractivity contribution in [2.75, 3.05) is 48.0 Å². The van der Waals surface area contributed by atoms with Crippen molar-refractivity contribution in [2.45, 2.75) is 32.7 Å². The zero-order valence-electron chi connectivity index (χ0n) is 24.7. The average molecular weight is 605 g/mol. The van der Waals surface area contributed by atoms with Gasteiger partial charge in [0, 0.05) is 43.0 Å². The Bertz CT molecular complexity index is 1810. The lowest BCUT2D eigenvalue weighted by atomic mass is 9.88. The molecule has 1 aliphatic rings. The predicted molar refractivity (Wildman–Crippen MR) is 170 cm³/mol. The average Bonchev–Trinajstić information content (AvgIpc) is 2.95. The van der Waals surface area contributed by atoms with Crippen molar-refractivity contribution in [1.29, 1.82) is 0 Å². The third-order valence-corrected chi connectivity index (χ3v) is 7.72. The Hall–Kier alpha value is -4.26. The fourth-order valence-electron chi connectivity index (χ4n) is 4.93. The second kappa shape index (κ2) is 12.2. The van der Waals surface area contributed by atoms with E-state index in [0.717, 1.165) is 71.4 Å². The summed E-state index contributed by atoms with van der Waals surface area (Å²) >= 11 is 0. The quantitative estimate of drug-likeness (QED) is 0.286. The number of hydrogen-bond donors (Lipinski definition) is 3. The Kier molecular flexibility index (Phi) is 8.54. The molecule has 0 spiro atoms. The summed E-state index contributed by atoms with van der Waals surface area (Å²) in [5.41, 5.74) is 2.92. The molecule has 226 valence electrons. The molecule has 0 radical (unpaired) electrons. The summed E-state index contributed by atoms with van der Waals surface area (Å²) in [7, 11) is -3.74. The number of nitrogens with one attached hydrogen (secondary N) is 3. The van der Waals surface area contributed by atoms with Gasteiger partial charge in [-0.1, -0.05) is 57.2 Å².